The quantitative estimate of drug-likeness (QED) is 0.492. The molecule has 1 fully saturated rings. The van der Waals surface area contributed by atoms with Gasteiger partial charge in [0.2, 0.25) is 0 Å². The predicted octanol–water partition coefficient (Wildman–Crippen LogP) is 3.74. The Balaban J connectivity index is 2.68. The minimum Gasteiger partial charge on any atom is -0.303 e. The molecule has 0 saturated heterocycles. The zero-order valence-corrected chi connectivity index (χ0v) is 9.46. The van der Waals surface area contributed by atoms with Gasteiger partial charge in [-0.05, 0) is 31.1 Å². The highest BCUT2D eigenvalue weighted by atomic mass is 16.1. The number of aldehydes is 1. The normalized spacial score (nSPS) is 23.6. The molecule has 1 heteroatoms. The van der Waals surface area contributed by atoms with E-state index in [1.165, 1.54) is 32.1 Å². The standard InChI is InChI=1S/C13H22O/c1-3-9-13(2,10-11-14)12-7-5-4-6-8-12/h3,9,11-12H,4-8,10H2,1-2H3/b9-3+. The fourth-order valence-electron chi connectivity index (χ4n) is 2.69. The molecule has 1 atom stereocenters. The summed E-state index contributed by atoms with van der Waals surface area (Å²) in [7, 11) is 0. The minimum absolute atomic E-state index is 0.122. The van der Waals surface area contributed by atoms with Crippen molar-refractivity contribution in [1.29, 1.82) is 0 Å². The Morgan fingerprint density at radius 2 is 1.93 bits per heavy atom. The average molecular weight is 194 g/mol. The molecule has 0 aliphatic heterocycles. The summed E-state index contributed by atoms with van der Waals surface area (Å²) in [5, 5.41) is 0. The Bertz CT molecular complexity index is 201. The van der Waals surface area contributed by atoms with Crippen LogP contribution in [-0.2, 0) is 4.79 Å². The fourth-order valence-corrected chi connectivity index (χ4v) is 2.69. The van der Waals surface area contributed by atoms with Gasteiger partial charge in [0.05, 0.1) is 0 Å². The third-order valence-corrected chi connectivity index (χ3v) is 3.61. The molecule has 0 N–H and O–H groups in total. The van der Waals surface area contributed by atoms with Crippen LogP contribution in [0.2, 0.25) is 0 Å². The van der Waals surface area contributed by atoms with Crippen molar-refractivity contribution in [3.63, 3.8) is 0 Å². The first-order valence-corrected chi connectivity index (χ1v) is 5.80. The maximum atomic E-state index is 10.7. The number of rotatable bonds is 4. The van der Waals surface area contributed by atoms with Gasteiger partial charge in [0, 0.05) is 6.42 Å². The molecule has 0 aromatic heterocycles. The molecule has 0 aromatic rings. The Hall–Kier alpha value is -0.590. The van der Waals surface area contributed by atoms with E-state index < -0.39 is 0 Å². The maximum absolute atomic E-state index is 10.7. The van der Waals surface area contributed by atoms with Gasteiger partial charge in [0.15, 0.2) is 0 Å². The molecule has 1 aliphatic carbocycles. The number of carbonyl (C=O) groups excluding carboxylic acids is 1. The molecular weight excluding hydrogens is 172 g/mol. The monoisotopic (exact) mass is 194 g/mol. The number of hydrogen-bond acceptors (Lipinski definition) is 1. The van der Waals surface area contributed by atoms with Crippen LogP contribution < -0.4 is 0 Å². The van der Waals surface area contributed by atoms with E-state index in [1.807, 2.05) is 6.92 Å². The summed E-state index contributed by atoms with van der Waals surface area (Å²) in [6, 6.07) is 0. The molecule has 14 heavy (non-hydrogen) atoms. The summed E-state index contributed by atoms with van der Waals surface area (Å²) in [5.41, 5.74) is 0.122. The van der Waals surface area contributed by atoms with Crippen molar-refractivity contribution in [1.82, 2.24) is 0 Å². The second-order valence-corrected chi connectivity index (χ2v) is 4.71. The van der Waals surface area contributed by atoms with Crippen molar-refractivity contribution in [3.8, 4) is 0 Å². The molecule has 0 amide bonds. The van der Waals surface area contributed by atoms with Crippen LogP contribution in [-0.4, -0.2) is 6.29 Å². The van der Waals surface area contributed by atoms with Gasteiger partial charge in [-0.3, -0.25) is 0 Å². The first-order chi connectivity index (χ1) is 6.73. The lowest BCUT2D eigenvalue weighted by Gasteiger charge is -2.36. The third kappa shape index (κ3) is 2.70. The Kier molecular flexibility index (Phi) is 4.37. The first-order valence-electron chi connectivity index (χ1n) is 5.80. The lowest BCUT2D eigenvalue weighted by atomic mass is 9.68. The van der Waals surface area contributed by atoms with Gasteiger partial charge >= 0.3 is 0 Å². The second kappa shape index (κ2) is 5.33. The number of allylic oxidation sites excluding steroid dienone is 2. The summed E-state index contributed by atoms with van der Waals surface area (Å²) in [5.74, 6) is 0.720. The van der Waals surface area contributed by atoms with Crippen molar-refractivity contribution in [2.24, 2.45) is 11.3 Å². The summed E-state index contributed by atoms with van der Waals surface area (Å²) >= 11 is 0. The highest BCUT2D eigenvalue weighted by Gasteiger charge is 2.31. The summed E-state index contributed by atoms with van der Waals surface area (Å²) in [4.78, 5) is 10.7. The van der Waals surface area contributed by atoms with Crippen molar-refractivity contribution >= 4 is 6.29 Å². The SMILES string of the molecule is C/C=C/C(C)(CC=O)C1CCCCC1. The summed E-state index contributed by atoms with van der Waals surface area (Å²) < 4.78 is 0. The lowest BCUT2D eigenvalue weighted by Crippen LogP contribution is -2.27. The van der Waals surface area contributed by atoms with E-state index >= 15 is 0 Å². The summed E-state index contributed by atoms with van der Waals surface area (Å²) in [6.07, 6.45) is 12.8. The molecule has 0 bridgehead atoms. The van der Waals surface area contributed by atoms with Crippen molar-refractivity contribution in [3.05, 3.63) is 12.2 Å². The van der Waals surface area contributed by atoms with E-state index in [4.69, 9.17) is 0 Å². The molecule has 1 nitrogen and oxygen atoms in total. The minimum atomic E-state index is 0.122. The van der Waals surface area contributed by atoms with Gasteiger partial charge in [-0.1, -0.05) is 38.3 Å². The molecular formula is C13H22O. The van der Waals surface area contributed by atoms with Crippen LogP contribution in [0.5, 0.6) is 0 Å². The van der Waals surface area contributed by atoms with E-state index in [9.17, 15) is 4.79 Å². The topological polar surface area (TPSA) is 17.1 Å². The molecule has 80 valence electrons. The Morgan fingerprint density at radius 3 is 2.43 bits per heavy atom. The second-order valence-electron chi connectivity index (χ2n) is 4.71. The molecule has 0 radical (unpaired) electrons. The molecule has 1 rings (SSSR count). The zero-order valence-electron chi connectivity index (χ0n) is 9.46. The molecule has 1 aliphatic rings. The summed E-state index contributed by atoms with van der Waals surface area (Å²) in [6.45, 7) is 4.28. The highest BCUT2D eigenvalue weighted by molar-refractivity contribution is 5.51. The van der Waals surface area contributed by atoms with Crippen LogP contribution >= 0.6 is 0 Å². The van der Waals surface area contributed by atoms with Crippen LogP contribution in [0.3, 0.4) is 0 Å². The lowest BCUT2D eigenvalue weighted by molar-refractivity contribution is -0.109. The van der Waals surface area contributed by atoms with Gasteiger partial charge in [-0.15, -0.1) is 0 Å². The molecule has 1 saturated carbocycles. The maximum Gasteiger partial charge on any atom is 0.120 e. The van der Waals surface area contributed by atoms with E-state index in [0.717, 1.165) is 12.2 Å². The van der Waals surface area contributed by atoms with Crippen LogP contribution in [0, 0.1) is 11.3 Å². The van der Waals surface area contributed by atoms with Crippen molar-refractivity contribution < 1.29 is 4.79 Å². The fraction of sp³-hybridized carbons (Fsp3) is 0.769. The van der Waals surface area contributed by atoms with Gasteiger partial charge in [0.1, 0.15) is 6.29 Å². The van der Waals surface area contributed by atoms with Gasteiger partial charge in [-0.25, -0.2) is 0 Å². The van der Waals surface area contributed by atoms with E-state index in [2.05, 4.69) is 19.1 Å². The smallest absolute Gasteiger partial charge is 0.120 e. The average Bonchev–Trinajstić information content (AvgIpc) is 2.20. The van der Waals surface area contributed by atoms with Crippen LogP contribution in [0.4, 0.5) is 0 Å². The van der Waals surface area contributed by atoms with Crippen molar-refractivity contribution in [2.75, 3.05) is 0 Å². The van der Waals surface area contributed by atoms with E-state index in [-0.39, 0.29) is 5.41 Å². The Labute approximate surface area is 87.6 Å². The van der Waals surface area contributed by atoms with Gasteiger partial charge < -0.3 is 4.79 Å². The van der Waals surface area contributed by atoms with E-state index in [0.29, 0.717) is 6.42 Å². The van der Waals surface area contributed by atoms with E-state index in [1.54, 1.807) is 0 Å². The van der Waals surface area contributed by atoms with Crippen LogP contribution in [0.15, 0.2) is 12.2 Å². The molecule has 0 heterocycles. The zero-order chi connectivity index (χ0) is 10.4. The molecule has 0 aromatic carbocycles. The van der Waals surface area contributed by atoms with Crippen LogP contribution in [0.25, 0.3) is 0 Å². The third-order valence-electron chi connectivity index (χ3n) is 3.61. The molecule has 1 unspecified atom stereocenters. The van der Waals surface area contributed by atoms with Gasteiger partial charge in [-0.2, -0.15) is 0 Å². The van der Waals surface area contributed by atoms with Crippen molar-refractivity contribution in [2.45, 2.75) is 52.4 Å². The highest BCUT2D eigenvalue weighted by Crippen LogP contribution is 2.41. The predicted molar refractivity (Wildman–Crippen MR) is 60.2 cm³/mol. The molecule has 0 spiro atoms. The van der Waals surface area contributed by atoms with Crippen LogP contribution in [0.1, 0.15) is 52.4 Å². The largest absolute Gasteiger partial charge is 0.303 e. The number of carbonyl (C=O) groups is 1. The Morgan fingerprint density at radius 1 is 1.29 bits per heavy atom. The number of hydrogen-bond donors (Lipinski definition) is 0. The first kappa shape index (κ1) is 11.5. The van der Waals surface area contributed by atoms with Gasteiger partial charge in [0.25, 0.3) is 0 Å².